The molecule has 0 fully saturated rings. The predicted octanol–water partition coefficient (Wildman–Crippen LogP) is 5.97. The van der Waals surface area contributed by atoms with Crippen LogP contribution in [0.25, 0.3) is 20.8 Å². The van der Waals surface area contributed by atoms with Gasteiger partial charge >= 0.3 is 0 Å². The van der Waals surface area contributed by atoms with Crippen molar-refractivity contribution in [3.05, 3.63) is 83.0 Å². The number of aryl methyl sites for hydroxylation is 1. The SMILES string of the molecule is Cc1ccc2nc(-c3ccc(N/C=C(/C#N)C(=O)Nc4ccc(N)c(Cl)c4)cc3)sc2c1. The van der Waals surface area contributed by atoms with E-state index in [4.69, 9.17) is 17.3 Å². The Balaban J connectivity index is 1.46. The molecule has 4 N–H and O–H groups in total. The molecule has 4 aromatic rings. The first-order chi connectivity index (χ1) is 15.4. The minimum Gasteiger partial charge on any atom is -0.398 e. The zero-order valence-electron chi connectivity index (χ0n) is 17.0. The van der Waals surface area contributed by atoms with Gasteiger partial charge < -0.3 is 16.4 Å². The summed E-state index contributed by atoms with van der Waals surface area (Å²) in [6, 6.07) is 20.5. The van der Waals surface area contributed by atoms with E-state index in [0.717, 1.165) is 26.5 Å². The van der Waals surface area contributed by atoms with E-state index in [9.17, 15) is 10.1 Å². The number of fused-ring (bicyclic) bond motifs is 1. The third-order valence-electron chi connectivity index (χ3n) is 4.68. The molecule has 0 aliphatic rings. The molecule has 1 aromatic heterocycles. The van der Waals surface area contributed by atoms with Crippen molar-refractivity contribution < 1.29 is 4.79 Å². The number of nitriles is 1. The highest BCUT2D eigenvalue weighted by Gasteiger charge is 2.11. The number of nitrogens with two attached hydrogens (primary N) is 1. The molecule has 0 saturated carbocycles. The lowest BCUT2D eigenvalue weighted by Gasteiger charge is -2.07. The first kappa shape index (κ1) is 21.4. The van der Waals surface area contributed by atoms with Crippen molar-refractivity contribution in [2.45, 2.75) is 6.92 Å². The number of halogens is 1. The summed E-state index contributed by atoms with van der Waals surface area (Å²) in [5, 5.41) is 16.2. The Hall–Kier alpha value is -3.86. The number of aromatic nitrogens is 1. The summed E-state index contributed by atoms with van der Waals surface area (Å²) in [6.07, 6.45) is 1.36. The van der Waals surface area contributed by atoms with E-state index < -0.39 is 5.91 Å². The number of nitrogens with zero attached hydrogens (tertiary/aromatic N) is 2. The summed E-state index contributed by atoms with van der Waals surface area (Å²) in [4.78, 5) is 17.1. The summed E-state index contributed by atoms with van der Waals surface area (Å²) >= 11 is 7.61. The van der Waals surface area contributed by atoms with Crippen LogP contribution in [0.1, 0.15) is 5.56 Å². The molecule has 1 amide bonds. The second kappa shape index (κ2) is 9.10. The first-order valence-electron chi connectivity index (χ1n) is 9.64. The number of benzene rings is 3. The Morgan fingerprint density at radius 2 is 1.88 bits per heavy atom. The molecule has 4 rings (SSSR count). The molecule has 0 radical (unpaired) electrons. The standard InChI is InChI=1S/C24H18ClN5OS/c1-14-2-9-21-22(10-14)32-24(30-21)15-3-5-17(6-4-15)28-13-16(12-26)23(31)29-18-7-8-20(27)19(25)11-18/h2-11,13,28H,27H2,1H3,(H,29,31)/b16-13-. The Labute approximate surface area is 194 Å². The molecule has 0 aliphatic carbocycles. The number of rotatable bonds is 5. The lowest BCUT2D eigenvalue weighted by Crippen LogP contribution is -2.14. The van der Waals surface area contributed by atoms with Crippen LogP contribution in [-0.4, -0.2) is 10.9 Å². The number of carbonyl (C=O) groups is 1. The number of nitrogens with one attached hydrogen (secondary N) is 2. The number of amides is 1. The van der Waals surface area contributed by atoms with Crippen LogP contribution in [0.5, 0.6) is 0 Å². The van der Waals surface area contributed by atoms with Gasteiger partial charge in [0.15, 0.2) is 0 Å². The summed E-state index contributed by atoms with van der Waals surface area (Å²) < 4.78 is 1.15. The van der Waals surface area contributed by atoms with Gasteiger partial charge in [0, 0.05) is 23.1 Å². The minimum absolute atomic E-state index is 0.0800. The zero-order valence-corrected chi connectivity index (χ0v) is 18.6. The smallest absolute Gasteiger partial charge is 0.267 e. The average molecular weight is 460 g/mol. The lowest BCUT2D eigenvalue weighted by atomic mass is 10.2. The number of anilines is 3. The Morgan fingerprint density at radius 3 is 2.59 bits per heavy atom. The molecule has 0 spiro atoms. The van der Waals surface area contributed by atoms with E-state index in [0.29, 0.717) is 16.4 Å². The van der Waals surface area contributed by atoms with Gasteiger partial charge in [-0.3, -0.25) is 4.79 Å². The number of thiazole rings is 1. The third-order valence-corrected chi connectivity index (χ3v) is 6.08. The predicted molar refractivity (Wildman–Crippen MR) is 132 cm³/mol. The molecule has 0 saturated heterocycles. The number of carbonyl (C=O) groups excluding carboxylic acids is 1. The minimum atomic E-state index is -0.553. The maximum atomic E-state index is 12.4. The molecule has 32 heavy (non-hydrogen) atoms. The zero-order chi connectivity index (χ0) is 22.7. The van der Waals surface area contributed by atoms with Crippen molar-refractivity contribution >= 4 is 56.1 Å². The largest absolute Gasteiger partial charge is 0.398 e. The lowest BCUT2D eigenvalue weighted by molar-refractivity contribution is -0.112. The van der Waals surface area contributed by atoms with Gasteiger partial charge in [-0.05, 0) is 67.1 Å². The monoisotopic (exact) mass is 459 g/mol. The van der Waals surface area contributed by atoms with Crippen molar-refractivity contribution in [2.75, 3.05) is 16.4 Å². The molecule has 0 bridgehead atoms. The van der Waals surface area contributed by atoms with Gasteiger partial charge in [-0.2, -0.15) is 5.26 Å². The van der Waals surface area contributed by atoms with E-state index in [-0.39, 0.29) is 5.57 Å². The van der Waals surface area contributed by atoms with Crippen LogP contribution >= 0.6 is 22.9 Å². The summed E-state index contributed by atoms with van der Waals surface area (Å²) in [5.74, 6) is -0.553. The molecular weight excluding hydrogens is 442 g/mol. The van der Waals surface area contributed by atoms with E-state index in [1.54, 1.807) is 23.5 Å². The Kier molecular flexibility index (Phi) is 6.08. The van der Waals surface area contributed by atoms with Crippen LogP contribution in [0, 0.1) is 18.3 Å². The molecule has 0 atom stereocenters. The highest BCUT2D eigenvalue weighted by molar-refractivity contribution is 7.21. The maximum absolute atomic E-state index is 12.4. The molecule has 8 heteroatoms. The van der Waals surface area contributed by atoms with Gasteiger partial charge in [0.05, 0.1) is 20.9 Å². The summed E-state index contributed by atoms with van der Waals surface area (Å²) in [7, 11) is 0. The highest BCUT2D eigenvalue weighted by atomic mass is 35.5. The van der Waals surface area contributed by atoms with Crippen LogP contribution < -0.4 is 16.4 Å². The third kappa shape index (κ3) is 4.72. The van der Waals surface area contributed by atoms with Gasteiger partial charge in [0.2, 0.25) is 0 Å². The summed E-state index contributed by atoms with van der Waals surface area (Å²) in [5.41, 5.74) is 10.4. The average Bonchev–Trinajstić information content (AvgIpc) is 3.20. The van der Waals surface area contributed by atoms with Gasteiger partial charge in [-0.15, -0.1) is 11.3 Å². The quantitative estimate of drug-likeness (QED) is 0.194. The number of hydrogen-bond acceptors (Lipinski definition) is 6. The second-order valence-electron chi connectivity index (χ2n) is 7.07. The van der Waals surface area contributed by atoms with Crippen molar-refractivity contribution in [3.63, 3.8) is 0 Å². The fourth-order valence-corrected chi connectivity index (χ4v) is 4.22. The van der Waals surface area contributed by atoms with E-state index in [2.05, 4.69) is 34.7 Å². The fourth-order valence-electron chi connectivity index (χ4n) is 2.97. The van der Waals surface area contributed by atoms with E-state index in [1.807, 2.05) is 36.4 Å². The number of hydrogen-bond donors (Lipinski definition) is 3. The van der Waals surface area contributed by atoms with Crippen LogP contribution in [-0.2, 0) is 4.79 Å². The van der Waals surface area contributed by atoms with Crippen molar-refractivity contribution in [2.24, 2.45) is 0 Å². The fraction of sp³-hybridized carbons (Fsp3) is 0.0417. The first-order valence-corrected chi connectivity index (χ1v) is 10.8. The topological polar surface area (TPSA) is 104 Å². The van der Waals surface area contributed by atoms with Crippen LogP contribution in [0.3, 0.4) is 0 Å². The Bertz CT molecular complexity index is 1390. The van der Waals surface area contributed by atoms with Gasteiger partial charge in [-0.25, -0.2) is 4.98 Å². The van der Waals surface area contributed by atoms with Crippen molar-refractivity contribution in [1.29, 1.82) is 5.26 Å². The van der Waals surface area contributed by atoms with Crippen molar-refractivity contribution in [3.8, 4) is 16.6 Å². The molecular formula is C24H18ClN5OS. The van der Waals surface area contributed by atoms with E-state index in [1.165, 1.54) is 17.8 Å². The van der Waals surface area contributed by atoms with Gasteiger partial charge in [0.1, 0.15) is 16.6 Å². The Morgan fingerprint density at radius 1 is 1.12 bits per heavy atom. The van der Waals surface area contributed by atoms with Gasteiger partial charge in [-0.1, -0.05) is 17.7 Å². The molecule has 158 valence electrons. The normalized spacial score (nSPS) is 11.2. The van der Waals surface area contributed by atoms with E-state index >= 15 is 0 Å². The van der Waals surface area contributed by atoms with Gasteiger partial charge in [0.25, 0.3) is 5.91 Å². The maximum Gasteiger partial charge on any atom is 0.267 e. The van der Waals surface area contributed by atoms with Crippen LogP contribution in [0.4, 0.5) is 17.1 Å². The molecule has 0 unspecified atom stereocenters. The highest BCUT2D eigenvalue weighted by Crippen LogP contribution is 2.31. The molecule has 6 nitrogen and oxygen atoms in total. The number of nitrogen functional groups attached to an aromatic ring is 1. The van der Waals surface area contributed by atoms with Crippen LogP contribution in [0.15, 0.2) is 72.4 Å². The second-order valence-corrected chi connectivity index (χ2v) is 8.51. The molecule has 3 aromatic carbocycles. The van der Waals surface area contributed by atoms with Crippen LogP contribution in [0.2, 0.25) is 5.02 Å². The summed E-state index contributed by atoms with van der Waals surface area (Å²) in [6.45, 7) is 2.06. The molecule has 1 heterocycles. The van der Waals surface area contributed by atoms with Crippen molar-refractivity contribution in [1.82, 2.24) is 4.98 Å². The molecule has 0 aliphatic heterocycles.